The van der Waals surface area contributed by atoms with Gasteiger partial charge in [-0.25, -0.2) is 9.13 Å². The molecule has 0 spiro atoms. The molecule has 2 unspecified atom stereocenters. The molecule has 0 aromatic heterocycles. The average molecular weight is 1480 g/mol. The fourth-order valence-corrected chi connectivity index (χ4v) is 12.4. The van der Waals surface area contributed by atoms with Crippen LogP contribution < -0.4 is 0 Å². The van der Waals surface area contributed by atoms with Crippen molar-refractivity contribution in [1.29, 1.82) is 0 Å². The van der Waals surface area contributed by atoms with Gasteiger partial charge < -0.3 is 33.8 Å². The first kappa shape index (κ1) is 98.0. The Labute approximate surface area is 620 Å². The zero-order valence-corrected chi connectivity index (χ0v) is 66.3. The second kappa shape index (κ2) is 75.2. The minimum Gasteiger partial charge on any atom is -0.462 e. The van der Waals surface area contributed by atoms with E-state index in [4.69, 9.17) is 37.0 Å². The first-order valence-electron chi connectivity index (χ1n) is 40.5. The highest BCUT2D eigenvalue weighted by molar-refractivity contribution is 7.47. The Bertz CT molecular complexity index is 2310. The number of carbonyl (C=O) groups is 4. The number of aliphatic hydroxyl groups is 1. The zero-order chi connectivity index (χ0) is 74.6. The highest BCUT2D eigenvalue weighted by Gasteiger charge is 2.30. The summed E-state index contributed by atoms with van der Waals surface area (Å²) in [6.07, 6.45) is 79.6. The summed E-state index contributed by atoms with van der Waals surface area (Å²) in [6, 6.07) is 0. The molecule has 0 radical (unpaired) electrons. The molecule has 0 fully saturated rings. The van der Waals surface area contributed by atoms with E-state index in [1.807, 2.05) is 12.2 Å². The van der Waals surface area contributed by atoms with Crippen LogP contribution in [-0.2, 0) is 65.4 Å². The summed E-state index contributed by atoms with van der Waals surface area (Å²) in [5.74, 6) is -2.25. The molecule has 0 saturated heterocycles. The third kappa shape index (κ3) is 74.3. The van der Waals surface area contributed by atoms with E-state index in [-0.39, 0.29) is 25.7 Å². The first-order chi connectivity index (χ1) is 49.7. The summed E-state index contributed by atoms with van der Waals surface area (Å²) in [5.41, 5.74) is 0. The number of rotatable bonds is 76. The van der Waals surface area contributed by atoms with Gasteiger partial charge in [0.05, 0.1) is 26.4 Å². The third-order valence-corrected chi connectivity index (χ3v) is 18.9. The molecule has 0 aromatic rings. The van der Waals surface area contributed by atoms with E-state index in [0.29, 0.717) is 32.1 Å². The van der Waals surface area contributed by atoms with Crippen molar-refractivity contribution < 1.29 is 80.2 Å². The smallest absolute Gasteiger partial charge is 0.462 e. The van der Waals surface area contributed by atoms with E-state index in [1.54, 1.807) is 0 Å². The van der Waals surface area contributed by atoms with Gasteiger partial charge in [0.25, 0.3) is 0 Å². The summed E-state index contributed by atoms with van der Waals surface area (Å²) >= 11 is 0. The molecule has 3 N–H and O–H groups in total. The zero-order valence-electron chi connectivity index (χ0n) is 64.5. The summed E-state index contributed by atoms with van der Waals surface area (Å²) in [7, 11) is -9.98. The second-order valence-electron chi connectivity index (χ2n) is 27.0. The van der Waals surface area contributed by atoms with Crippen LogP contribution >= 0.6 is 15.6 Å². The van der Waals surface area contributed by atoms with Gasteiger partial charge >= 0.3 is 39.5 Å². The van der Waals surface area contributed by atoms with E-state index in [9.17, 15) is 43.2 Å². The molecule has 0 aliphatic rings. The summed E-state index contributed by atoms with van der Waals surface area (Å²) in [6.45, 7) is 4.75. The van der Waals surface area contributed by atoms with Gasteiger partial charge in [-0.05, 0) is 128 Å². The van der Waals surface area contributed by atoms with Crippen LogP contribution in [0.1, 0.15) is 349 Å². The predicted molar refractivity (Wildman–Crippen MR) is 418 cm³/mol. The van der Waals surface area contributed by atoms with Gasteiger partial charge in [0.2, 0.25) is 0 Å². The maximum absolute atomic E-state index is 13.1. The lowest BCUT2D eigenvalue weighted by molar-refractivity contribution is -0.161. The van der Waals surface area contributed by atoms with Crippen molar-refractivity contribution in [3.63, 3.8) is 0 Å². The maximum atomic E-state index is 13.1. The van der Waals surface area contributed by atoms with E-state index >= 15 is 0 Å². The molecule has 19 heteroatoms. The Morgan fingerprint density at radius 1 is 0.275 bits per heavy atom. The Hall–Kier alpha value is -4.02. The molecular formula is C83H146O17P2. The van der Waals surface area contributed by atoms with Gasteiger partial charge in [-0.15, -0.1) is 0 Å². The van der Waals surface area contributed by atoms with Gasteiger partial charge in [0.1, 0.15) is 19.3 Å². The van der Waals surface area contributed by atoms with Crippen molar-refractivity contribution in [3.8, 4) is 0 Å². The number of hydrogen-bond acceptors (Lipinski definition) is 15. The van der Waals surface area contributed by atoms with Crippen LogP contribution in [0, 0.1) is 0 Å². The minimum atomic E-state index is -4.99. The predicted octanol–water partition coefficient (Wildman–Crippen LogP) is 23.6. The Morgan fingerprint density at radius 2 is 0.490 bits per heavy atom. The van der Waals surface area contributed by atoms with Crippen molar-refractivity contribution in [2.45, 2.75) is 367 Å². The molecule has 0 heterocycles. The second-order valence-corrected chi connectivity index (χ2v) is 29.9. The number of phosphoric ester groups is 2. The van der Waals surface area contributed by atoms with Gasteiger partial charge in [-0.3, -0.25) is 37.3 Å². The largest absolute Gasteiger partial charge is 0.472 e. The number of allylic oxidation sites excluding steroid dienone is 16. The van der Waals surface area contributed by atoms with Gasteiger partial charge in [-0.2, -0.15) is 0 Å². The standard InChI is InChI=1S/C83H146O17P2/c1-5-9-13-17-21-25-29-33-37-38-42-46-50-54-58-62-66-70-83(88)100-79(74-94-81(86)68-64-60-56-52-48-44-40-35-31-27-23-19-15-11-7-3)76-98-102(91,92)96-72-77(84)71-95-101(89,90)97-75-78(99-82(87)69-65-61-57-53-49-45-41-36-32-28-24-20-16-12-8-4)73-93-80(85)67-63-59-55-51-47-43-39-34-30-26-22-18-14-10-6-2/h21-22,24-26,28,33-34,36-37,39,41-42,46,54,58,77-79,84H,5-20,23,27,29-32,35,38,40,43-45,47-53,55-57,59-76H2,1-4H3,(H,89,90)(H,91,92)/b25-21-,26-22-,28-24-,37-33-,39-34-,41-36-,46-42-,58-54-/t77-,78+,79+/m0/s1. The minimum absolute atomic E-state index is 0.0208. The van der Waals surface area contributed by atoms with Gasteiger partial charge in [0.15, 0.2) is 12.2 Å². The monoisotopic (exact) mass is 1480 g/mol. The van der Waals surface area contributed by atoms with Crippen LogP contribution in [0.3, 0.4) is 0 Å². The van der Waals surface area contributed by atoms with Crippen molar-refractivity contribution in [1.82, 2.24) is 0 Å². The van der Waals surface area contributed by atoms with Crippen molar-refractivity contribution in [2.24, 2.45) is 0 Å². The quantitative estimate of drug-likeness (QED) is 0.0169. The SMILES string of the molecule is CCCCC/C=C\C/C=C\C/C=C\C/C=C\CCCC(=O)O[C@H](COC(=O)CCCCCCCCCCCCCCCCC)COP(=O)(O)OC[C@@H](O)COP(=O)(O)OC[C@@H](COC(=O)CCCCCCC/C=C\C/C=C\CCCCC)OC(=O)CCCCCCC/C=C\C/C=C\CCCCC. The van der Waals surface area contributed by atoms with Crippen LogP contribution in [0.15, 0.2) is 97.2 Å². The Kier molecular flexibility index (Phi) is 72.3. The molecule has 102 heavy (non-hydrogen) atoms. The van der Waals surface area contributed by atoms with Crippen LogP contribution in [0.2, 0.25) is 0 Å². The molecule has 0 bridgehead atoms. The number of ether oxygens (including phenoxy) is 4. The molecule has 5 atom stereocenters. The molecule has 0 aromatic carbocycles. The summed E-state index contributed by atoms with van der Waals surface area (Å²) in [5, 5.41) is 10.6. The average Bonchev–Trinajstić information content (AvgIpc) is 0.917. The van der Waals surface area contributed by atoms with Crippen molar-refractivity contribution in [2.75, 3.05) is 39.6 Å². The van der Waals surface area contributed by atoms with E-state index < -0.39 is 97.5 Å². The Balaban J connectivity index is 5.42. The first-order valence-corrected chi connectivity index (χ1v) is 43.5. The molecule has 0 amide bonds. The van der Waals surface area contributed by atoms with Crippen molar-refractivity contribution in [3.05, 3.63) is 97.2 Å². The van der Waals surface area contributed by atoms with Crippen molar-refractivity contribution >= 4 is 39.5 Å². The normalized spacial score (nSPS) is 14.4. The molecule has 0 aliphatic heterocycles. The highest BCUT2D eigenvalue weighted by Crippen LogP contribution is 2.45. The van der Waals surface area contributed by atoms with Gasteiger partial charge in [-0.1, -0.05) is 292 Å². The van der Waals surface area contributed by atoms with Crippen LogP contribution in [0.4, 0.5) is 0 Å². The fourth-order valence-electron chi connectivity index (χ4n) is 10.8. The van der Waals surface area contributed by atoms with Gasteiger partial charge in [0, 0.05) is 25.7 Å². The molecule has 0 saturated carbocycles. The number of hydrogen-bond donors (Lipinski definition) is 3. The molecule has 0 aliphatic carbocycles. The fraction of sp³-hybridized carbons (Fsp3) is 0.759. The lowest BCUT2D eigenvalue weighted by Crippen LogP contribution is -2.30. The number of unbranched alkanes of at least 4 members (excludes halogenated alkanes) is 34. The van der Waals surface area contributed by atoms with Crippen LogP contribution in [0.5, 0.6) is 0 Å². The Morgan fingerprint density at radius 3 is 0.794 bits per heavy atom. The highest BCUT2D eigenvalue weighted by atomic mass is 31.2. The van der Waals surface area contributed by atoms with Crippen LogP contribution in [-0.4, -0.2) is 96.7 Å². The number of phosphoric acid groups is 2. The lowest BCUT2D eigenvalue weighted by atomic mass is 10.0. The summed E-state index contributed by atoms with van der Waals surface area (Å²) in [4.78, 5) is 73.0. The number of esters is 4. The van der Waals surface area contributed by atoms with Crippen LogP contribution in [0.25, 0.3) is 0 Å². The van der Waals surface area contributed by atoms with E-state index in [2.05, 4.69) is 113 Å². The number of carbonyl (C=O) groups excluding carboxylic acids is 4. The topological polar surface area (TPSA) is 237 Å². The molecular weight excluding hydrogens is 1330 g/mol. The maximum Gasteiger partial charge on any atom is 0.472 e. The molecule has 0 rings (SSSR count). The van der Waals surface area contributed by atoms with E-state index in [0.717, 1.165) is 135 Å². The molecule has 17 nitrogen and oxygen atoms in total. The molecule has 590 valence electrons. The van der Waals surface area contributed by atoms with E-state index in [1.165, 1.54) is 128 Å². The summed E-state index contributed by atoms with van der Waals surface area (Å²) < 4.78 is 68.6. The number of aliphatic hydroxyl groups excluding tert-OH is 1. The third-order valence-electron chi connectivity index (χ3n) is 17.0. The lowest BCUT2D eigenvalue weighted by Gasteiger charge is -2.21.